The zero-order chi connectivity index (χ0) is 18.9. The highest BCUT2D eigenvalue weighted by Gasteiger charge is 2.64. The fraction of sp³-hybridized carbons (Fsp3) is 0.762. The van der Waals surface area contributed by atoms with Crippen molar-refractivity contribution in [1.29, 1.82) is 0 Å². The van der Waals surface area contributed by atoms with Gasteiger partial charge in [0.25, 0.3) is 0 Å². The number of rotatable bonds is 6. The number of carbonyl (C=O) groups is 1. The zero-order valence-corrected chi connectivity index (χ0v) is 17.6. The molecule has 0 N–H and O–H groups in total. The van der Waals surface area contributed by atoms with Crippen LogP contribution >= 0.6 is 11.3 Å². The fourth-order valence-electron chi connectivity index (χ4n) is 5.74. The number of methoxy groups -OCH3 is 1. The maximum atomic E-state index is 13.4. The molecule has 0 bridgehead atoms. The molecule has 27 heavy (non-hydrogen) atoms. The van der Waals surface area contributed by atoms with Crippen LogP contribution < -0.4 is 0 Å². The number of thiophene rings is 1. The van der Waals surface area contributed by atoms with Crippen LogP contribution in [0.15, 0.2) is 17.5 Å². The van der Waals surface area contributed by atoms with Gasteiger partial charge < -0.3 is 9.64 Å². The predicted octanol–water partition coefficient (Wildman–Crippen LogP) is 2.53. The van der Waals surface area contributed by atoms with E-state index in [2.05, 4.69) is 39.1 Å². The van der Waals surface area contributed by atoms with Gasteiger partial charge in [-0.05, 0) is 50.7 Å². The van der Waals surface area contributed by atoms with E-state index in [1.54, 1.807) is 7.11 Å². The number of nitrogens with zero attached hydrogens (tertiary/aromatic N) is 3. The van der Waals surface area contributed by atoms with Crippen molar-refractivity contribution in [3.8, 4) is 0 Å². The average Bonchev–Trinajstić information content (AvgIpc) is 3.37. The van der Waals surface area contributed by atoms with Gasteiger partial charge in [-0.15, -0.1) is 11.3 Å². The Labute approximate surface area is 167 Å². The summed E-state index contributed by atoms with van der Waals surface area (Å²) >= 11 is 1.85. The van der Waals surface area contributed by atoms with E-state index in [-0.39, 0.29) is 10.8 Å². The molecule has 1 aromatic rings. The minimum atomic E-state index is -0.161. The Balaban J connectivity index is 1.51. The molecule has 150 valence electrons. The molecule has 0 saturated carbocycles. The highest BCUT2D eigenvalue weighted by molar-refractivity contribution is 7.09. The summed E-state index contributed by atoms with van der Waals surface area (Å²) < 4.78 is 5.33. The van der Waals surface area contributed by atoms with E-state index in [1.807, 2.05) is 11.3 Å². The second kappa shape index (κ2) is 7.82. The standard InChI is InChI=1S/C21H33N3O2S/c1-3-24-11-8-21(19(24)25)17-23(12-13-26-2)16-20(21)6-9-22(10-7-20)15-18-5-4-14-27-18/h4-5,14H,3,6-13,15-17H2,1-2H3/t21-/m1/s1. The van der Waals surface area contributed by atoms with Crippen molar-refractivity contribution in [3.63, 3.8) is 0 Å². The Kier molecular flexibility index (Phi) is 5.61. The summed E-state index contributed by atoms with van der Waals surface area (Å²) in [5, 5.41) is 2.16. The third-order valence-electron chi connectivity index (χ3n) is 7.31. The van der Waals surface area contributed by atoms with Gasteiger partial charge in [-0.3, -0.25) is 14.6 Å². The van der Waals surface area contributed by atoms with Crippen LogP contribution in [0.3, 0.4) is 0 Å². The number of fused-ring (bicyclic) bond motifs is 1. The molecule has 4 heterocycles. The summed E-state index contributed by atoms with van der Waals surface area (Å²) in [6.07, 6.45) is 3.32. The van der Waals surface area contributed by atoms with Crippen LogP contribution in [-0.4, -0.2) is 80.1 Å². The van der Waals surface area contributed by atoms with E-state index in [0.717, 1.165) is 78.2 Å². The average molecular weight is 392 g/mol. The van der Waals surface area contributed by atoms with Crippen molar-refractivity contribution in [2.45, 2.75) is 32.7 Å². The first-order valence-corrected chi connectivity index (χ1v) is 11.3. The molecule has 1 atom stereocenters. The van der Waals surface area contributed by atoms with Crippen LogP contribution in [-0.2, 0) is 16.1 Å². The lowest BCUT2D eigenvalue weighted by Gasteiger charge is -2.47. The largest absolute Gasteiger partial charge is 0.383 e. The lowest BCUT2D eigenvalue weighted by atomic mass is 9.60. The van der Waals surface area contributed by atoms with Gasteiger partial charge in [-0.2, -0.15) is 0 Å². The monoisotopic (exact) mass is 391 g/mol. The Morgan fingerprint density at radius 1 is 1.15 bits per heavy atom. The van der Waals surface area contributed by atoms with Gasteiger partial charge in [0.2, 0.25) is 5.91 Å². The van der Waals surface area contributed by atoms with Crippen LogP contribution in [0.5, 0.6) is 0 Å². The summed E-state index contributed by atoms with van der Waals surface area (Å²) in [4.78, 5) is 22.1. The molecule has 0 unspecified atom stereocenters. The molecular weight excluding hydrogens is 358 g/mol. The second-order valence-electron chi connectivity index (χ2n) is 8.56. The summed E-state index contributed by atoms with van der Waals surface area (Å²) in [5.41, 5.74) is -0.0144. The van der Waals surface area contributed by atoms with Gasteiger partial charge >= 0.3 is 0 Å². The molecule has 3 aliphatic heterocycles. The predicted molar refractivity (Wildman–Crippen MR) is 109 cm³/mol. The van der Waals surface area contributed by atoms with Crippen molar-refractivity contribution >= 4 is 17.2 Å². The zero-order valence-electron chi connectivity index (χ0n) is 16.8. The van der Waals surface area contributed by atoms with Gasteiger partial charge in [0.1, 0.15) is 0 Å². The highest BCUT2D eigenvalue weighted by atomic mass is 32.1. The summed E-state index contributed by atoms with van der Waals surface area (Å²) in [5.74, 6) is 0.427. The minimum Gasteiger partial charge on any atom is -0.383 e. The molecular formula is C21H33N3O2S. The van der Waals surface area contributed by atoms with E-state index in [1.165, 1.54) is 4.88 Å². The van der Waals surface area contributed by atoms with Crippen molar-refractivity contribution in [3.05, 3.63) is 22.4 Å². The molecule has 4 rings (SSSR count). The number of hydrogen-bond donors (Lipinski definition) is 0. The maximum absolute atomic E-state index is 13.4. The quantitative estimate of drug-likeness (QED) is 0.747. The number of carbonyl (C=O) groups excluding carboxylic acids is 1. The first kappa shape index (κ1) is 19.4. The summed E-state index contributed by atoms with van der Waals surface area (Å²) in [6.45, 7) is 10.9. The number of amides is 1. The molecule has 0 aliphatic carbocycles. The molecule has 0 radical (unpaired) electrons. The van der Waals surface area contributed by atoms with Gasteiger partial charge in [-0.1, -0.05) is 6.07 Å². The summed E-state index contributed by atoms with van der Waals surface area (Å²) in [7, 11) is 1.77. The van der Waals surface area contributed by atoms with E-state index in [9.17, 15) is 4.79 Å². The maximum Gasteiger partial charge on any atom is 0.230 e. The molecule has 1 aromatic heterocycles. The smallest absolute Gasteiger partial charge is 0.230 e. The Hall–Kier alpha value is -0.950. The first-order valence-electron chi connectivity index (χ1n) is 10.4. The Morgan fingerprint density at radius 2 is 1.96 bits per heavy atom. The SMILES string of the molecule is CCN1CC[C@@]2(CN(CCOC)CC23CCN(Cc2cccs2)CC3)C1=O. The third kappa shape index (κ3) is 3.35. The summed E-state index contributed by atoms with van der Waals surface area (Å²) in [6, 6.07) is 4.37. The van der Waals surface area contributed by atoms with E-state index < -0.39 is 0 Å². The third-order valence-corrected chi connectivity index (χ3v) is 8.17. The number of ether oxygens (including phenoxy) is 1. The molecule has 6 heteroatoms. The van der Waals surface area contributed by atoms with Crippen LogP contribution in [0.2, 0.25) is 0 Å². The molecule has 3 aliphatic rings. The lowest BCUT2D eigenvalue weighted by Crippen LogP contribution is -2.52. The number of likely N-dealkylation sites (tertiary alicyclic amines) is 3. The Bertz CT molecular complexity index is 642. The molecule has 1 amide bonds. The Morgan fingerprint density at radius 3 is 2.59 bits per heavy atom. The lowest BCUT2D eigenvalue weighted by molar-refractivity contribution is -0.142. The van der Waals surface area contributed by atoms with E-state index in [4.69, 9.17) is 4.74 Å². The van der Waals surface area contributed by atoms with Crippen molar-refractivity contribution in [2.24, 2.45) is 10.8 Å². The van der Waals surface area contributed by atoms with E-state index in [0.29, 0.717) is 5.91 Å². The van der Waals surface area contributed by atoms with Crippen molar-refractivity contribution < 1.29 is 9.53 Å². The molecule has 5 nitrogen and oxygen atoms in total. The van der Waals surface area contributed by atoms with Crippen molar-refractivity contribution in [1.82, 2.24) is 14.7 Å². The molecule has 0 aromatic carbocycles. The number of piperidine rings is 1. The highest BCUT2D eigenvalue weighted by Crippen LogP contribution is 2.57. The van der Waals surface area contributed by atoms with Gasteiger partial charge in [0, 0.05) is 56.7 Å². The topological polar surface area (TPSA) is 36.0 Å². The molecule has 3 saturated heterocycles. The first-order chi connectivity index (χ1) is 13.1. The van der Waals surface area contributed by atoms with Crippen LogP contribution in [0.4, 0.5) is 0 Å². The fourth-order valence-corrected chi connectivity index (χ4v) is 6.49. The normalized spacial score (nSPS) is 28.8. The number of hydrogen-bond acceptors (Lipinski definition) is 5. The molecule has 2 spiro atoms. The van der Waals surface area contributed by atoms with Gasteiger partial charge in [0.05, 0.1) is 12.0 Å². The van der Waals surface area contributed by atoms with E-state index >= 15 is 0 Å². The van der Waals surface area contributed by atoms with Crippen LogP contribution in [0.1, 0.15) is 31.1 Å². The second-order valence-corrected chi connectivity index (χ2v) is 9.59. The van der Waals surface area contributed by atoms with Crippen LogP contribution in [0.25, 0.3) is 0 Å². The van der Waals surface area contributed by atoms with Gasteiger partial charge in [0.15, 0.2) is 0 Å². The minimum absolute atomic E-state index is 0.147. The van der Waals surface area contributed by atoms with Crippen LogP contribution in [0, 0.1) is 10.8 Å². The van der Waals surface area contributed by atoms with Crippen molar-refractivity contribution in [2.75, 3.05) is 59.5 Å². The van der Waals surface area contributed by atoms with Gasteiger partial charge in [-0.25, -0.2) is 0 Å². The molecule has 3 fully saturated rings.